The molecule has 1 aliphatic rings. The molecule has 1 aromatic rings. The van der Waals surface area contributed by atoms with E-state index < -0.39 is 11.8 Å². The number of nitrogens with one attached hydrogen (secondary N) is 1. The largest absolute Gasteiger partial charge is 0.346 e. The summed E-state index contributed by atoms with van der Waals surface area (Å²) in [6.45, 7) is 5.21. The van der Waals surface area contributed by atoms with E-state index in [1.165, 1.54) is 4.90 Å². The maximum absolute atomic E-state index is 12.3. The normalized spacial score (nSPS) is 14.1. The molecule has 0 aromatic heterocycles. The minimum absolute atomic E-state index is 0.0353. The summed E-state index contributed by atoms with van der Waals surface area (Å²) in [5.74, 6) is -1.10. The van der Waals surface area contributed by atoms with Crippen LogP contribution >= 0.6 is 0 Å². The summed E-state index contributed by atoms with van der Waals surface area (Å²) in [4.78, 5) is 39.4. The van der Waals surface area contributed by atoms with Crippen LogP contribution in [0.2, 0.25) is 0 Å². The first-order chi connectivity index (χ1) is 12.4. The van der Waals surface area contributed by atoms with Gasteiger partial charge in [0.1, 0.15) is 0 Å². The Kier molecular flexibility index (Phi) is 6.73. The van der Waals surface area contributed by atoms with Crippen LogP contribution in [0, 0.1) is 11.3 Å². The van der Waals surface area contributed by atoms with Crippen LogP contribution in [-0.4, -0.2) is 59.7 Å². The molecule has 26 heavy (non-hydrogen) atoms. The van der Waals surface area contributed by atoms with Gasteiger partial charge in [0, 0.05) is 38.6 Å². The molecule has 1 saturated heterocycles. The first kappa shape index (κ1) is 19.4. The maximum atomic E-state index is 12.3. The molecule has 2 rings (SSSR count). The van der Waals surface area contributed by atoms with E-state index in [0.717, 1.165) is 5.56 Å². The van der Waals surface area contributed by atoms with E-state index in [1.54, 1.807) is 30.9 Å². The number of hydrogen-bond acceptors (Lipinski definition) is 4. The number of nitriles is 1. The fourth-order valence-electron chi connectivity index (χ4n) is 2.78. The maximum Gasteiger partial charge on any atom is 0.312 e. The highest BCUT2D eigenvalue weighted by atomic mass is 16.2. The van der Waals surface area contributed by atoms with Crippen LogP contribution in [0.3, 0.4) is 0 Å². The van der Waals surface area contributed by atoms with Crippen LogP contribution in [0.25, 0.3) is 0 Å². The Morgan fingerprint density at radius 2 is 1.65 bits per heavy atom. The second-order valence-electron chi connectivity index (χ2n) is 6.61. The number of aryl methyl sites for hydroxylation is 1. The van der Waals surface area contributed by atoms with Crippen molar-refractivity contribution in [1.29, 1.82) is 5.26 Å². The van der Waals surface area contributed by atoms with E-state index >= 15 is 0 Å². The van der Waals surface area contributed by atoms with Gasteiger partial charge in [-0.2, -0.15) is 5.26 Å². The van der Waals surface area contributed by atoms with Gasteiger partial charge in [0.2, 0.25) is 5.91 Å². The van der Waals surface area contributed by atoms with Gasteiger partial charge in [0.25, 0.3) is 0 Å². The smallest absolute Gasteiger partial charge is 0.312 e. The molecule has 1 fully saturated rings. The third-order valence-electron chi connectivity index (χ3n) is 4.24. The minimum Gasteiger partial charge on any atom is -0.346 e. The molecule has 1 heterocycles. The highest BCUT2D eigenvalue weighted by Crippen LogP contribution is 2.09. The average molecular weight is 356 g/mol. The van der Waals surface area contributed by atoms with Crippen molar-refractivity contribution in [3.8, 4) is 6.07 Å². The molecule has 0 radical (unpaired) electrons. The quantitative estimate of drug-likeness (QED) is 0.803. The number of hydrogen-bond donors (Lipinski definition) is 1. The minimum atomic E-state index is -0.597. The summed E-state index contributed by atoms with van der Waals surface area (Å²) in [6, 6.07) is 9.18. The lowest BCUT2D eigenvalue weighted by Crippen LogP contribution is -2.54. The Morgan fingerprint density at radius 1 is 1.08 bits per heavy atom. The summed E-state index contributed by atoms with van der Waals surface area (Å²) >= 11 is 0. The third-order valence-corrected chi connectivity index (χ3v) is 4.24. The van der Waals surface area contributed by atoms with Gasteiger partial charge >= 0.3 is 11.8 Å². The van der Waals surface area contributed by atoms with Crippen molar-refractivity contribution < 1.29 is 14.4 Å². The number of benzene rings is 1. The molecule has 7 nitrogen and oxygen atoms in total. The molecule has 0 aliphatic carbocycles. The lowest BCUT2D eigenvalue weighted by molar-refractivity contribution is -0.148. The molecule has 1 N–H and O–H groups in total. The molecule has 1 aliphatic heterocycles. The van der Waals surface area contributed by atoms with E-state index in [2.05, 4.69) is 11.4 Å². The molecule has 0 unspecified atom stereocenters. The Bertz CT molecular complexity index is 698. The zero-order valence-corrected chi connectivity index (χ0v) is 15.2. The molecule has 138 valence electrons. The van der Waals surface area contributed by atoms with Crippen molar-refractivity contribution in [3.05, 3.63) is 35.4 Å². The molecule has 0 atom stereocenters. The van der Waals surface area contributed by atoms with Crippen LogP contribution in [-0.2, 0) is 20.8 Å². The van der Waals surface area contributed by atoms with E-state index in [1.807, 2.05) is 12.1 Å². The molecular weight excluding hydrogens is 332 g/mol. The standard InChI is InChI=1S/C19H24N4O3/c1-14(2)21-18(25)19(26)23-11-9-22(10-12-23)17(24)8-7-15-3-5-16(13-20)6-4-15/h3-6,14H,7-12H2,1-2H3,(H,21,25). The van der Waals surface area contributed by atoms with E-state index in [-0.39, 0.29) is 11.9 Å². The van der Waals surface area contributed by atoms with Gasteiger partial charge in [-0.15, -0.1) is 0 Å². The Morgan fingerprint density at radius 3 is 2.19 bits per heavy atom. The second kappa shape index (κ2) is 8.99. The Labute approximate surface area is 153 Å². The van der Waals surface area contributed by atoms with Gasteiger partial charge in [-0.05, 0) is 38.0 Å². The third kappa shape index (κ3) is 5.31. The lowest BCUT2D eigenvalue weighted by atomic mass is 10.1. The van der Waals surface area contributed by atoms with Crippen molar-refractivity contribution >= 4 is 17.7 Å². The zero-order chi connectivity index (χ0) is 19.1. The zero-order valence-electron chi connectivity index (χ0n) is 15.2. The van der Waals surface area contributed by atoms with E-state index in [0.29, 0.717) is 44.6 Å². The topological polar surface area (TPSA) is 93.5 Å². The summed E-state index contributed by atoms with van der Waals surface area (Å²) < 4.78 is 0. The number of carbonyl (C=O) groups is 3. The van der Waals surface area contributed by atoms with Crippen molar-refractivity contribution in [3.63, 3.8) is 0 Å². The van der Waals surface area contributed by atoms with E-state index in [4.69, 9.17) is 5.26 Å². The summed E-state index contributed by atoms with van der Waals surface area (Å²) in [7, 11) is 0. The lowest BCUT2D eigenvalue weighted by Gasteiger charge is -2.34. The molecular formula is C19H24N4O3. The Balaban J connectivity index is 1.78. The van der Waals surface area contributed by atoms with Gasteiger partial charge < -0.3 is 15.1 Å². The molecule has 0 saturated carbocycles. The molecule has 1 aromatic carbocycles. The summed E-state index contributed by atoms with van der Waals surface area (Å²) in [5.41, 5.74) is 1.61. The first-order valence-electron chi connectivity index (χ1n) is 8.77. The van der Waals surface area contributed by atoms with Gasteiger partial charge in [-0.1, -0.05) is 12.1 Å². The summed E-state index contributed by atoms with van der Waals surface area (Å²) in [6.07, 6.45) is 0.994. The highest BCUT2D eigenvalue weighted by molar-refractivity contribution is 6.35. The van der Waals surface area contributed by atoms with Crippen LogP contribution in [0.5, 0.6) is 0 Å². The molecule has 0 bridgehead atoms. The highest BCUT2D eigenvalue weighted by Gasteiger charge is 2.27. The SMILES string of the molecule is CC(C)NC(=O)C(=O)N1CCN(C(=O)CCc2ccc(C#N)cc2)CC1. The molecule has 3 amide bonds. The summed E-state index contributed by atoms with van der Waals surface area (Å²) in [5, 5.41) is 11.4. The van der Waals surface area contributed by atoms with Crippen LogP contribution in [0.4, 0.5) is 0 Å². The fourth-order valence-corrected chi connectivity index (χ4v) is 2.78. The molecule has 7 heteroatoms. The van der Waals surface area contributed by atoms with Gasteiger partial charge in [-0.3, -0.25) is 14.4 Å². The predicted molar refractivity (Wildman–Crippen MR) is 95.9 cm³/mol. The number of carbonyl (C=O) groups excluding carboxylic acids is 3. The van der Waals surface area contributed by atoms with Gasteiger partial charge in [-0.25, -0.2) is 0 Å². The van der Waals surface area contributed by atoms with Gasteiger partial charge in [0.15, 0.2) is 0 Å². The van der Waals surface area contributed by atoms with Crippen LogP contribution in [0.15, 0.2) is 24.3 Å². The van der Waals surface area contributed by atoms with Crippen molar-refractivity contribution in [2.24, 2.45) is 0 Å². The van der Waals surface area contributed by atoms with Gasteiger partial charge in [0.05, 0.1) is 11.6 Å². The first-order valence-corrected chi connectivity index (χ1v) is 8.77. The average Bonchev–Trinajstić information content (AvgIpc) is 2.65. The number of nitrogens with zero attached hydrogens (tertiary/aromatic N) is 3. The number of rotatable bonds is 4. The monoisotopic (exact) mass is 356 g/mol. The van der Waals surface area contributed by atoms with Crippen molar-refractivity contribution in [2.45, 2.75) is 32.7 Å². The van der Waals surface area contributed by atoms with Crippen molar-refractivity contribution in [2.75, 3.05) is 26.2 Å². The Hall–Kier alpha value is -2.88. The van der Waals surface area contributed by atoms with Crippen LogP contribution in [0.1, 0.15) is 31.4 Å². The second-order valence-corrected chi connectivity index (χ2v) is 6.61. The molecule has 0 spiro atoms. The van der Waals surface area contributed by atoms with E-state index in [9.17, 15) is 14.4 Å². The van der Waals surface area contributed by atoms with Crippen LogP contribution < -0.4 is 5.32 Å². The number of piperazine rings is 1. The number of amides is 3. The fraction of sp³-hybridized carbons (Fsp3) is 0.474. The van der Waals surface area contributed by atoms with Crippen molar-refractivity contribution in [1.82, 2.24) is 15.1 Å². The predicted octanol–water partition coefficient (Wildman–Crippen LogP) is 0.686.